The number of anilines is 1. The van der Waals surface area contributed by atoms with Crippen molar-refractivity contribution in [1.29, 1.82) is 0 Å². The number of rotatable bonds is 6. The summed E-state index contributed by atoms with van der Waals surface area (Å²) in [5.74, 6) is -0.628. The number of hydrogen-bond acceptors (Lipinski definition) is 4. The molecule has 0 aliphatic heterocycles. The molecule has 0 fully saturated rings. The van der Waals surface area contributed by atoms with Crippen LogP contribution in [0.2, 0.25) is 5.02 Å². The van der Waals surface area contributed by atoms with E-state index in [-0.39, 0.29) is 34.0 Å². The van der Waals surface area contributed by atoms with Crippen LogP contribution >= 0.6 is 11.6 Å². The number of nitrogens with two attached hydrogens (primary N) is 2. The fourth-order valence-corrected chi connectivity index (χ4v) is 2.42. The smallest absolute Gasteiger partial charge is 0.238 e. The van der Waals surface area contributed by atoms with Gasteiger partial charge in [0.2, 0.25) is 15.9 Å². The van der Waals surface area contributed by atoms with Crippen LogP contribution in [0.25, 0.3) is 0 Å². The van der Waals surface area contributed by atoms with Crippen LogP contribution < -0.4 is 16.2 Å². The van der Waals surface area contributed by atoms with Crippen LogP contribution in [0.1, 0.15) is 19.8 Å². The Hall–Kier alpha value is -1.15. The highest BCUT2D eigenvalue weighted by molar-refractivity contribution is 7.89. The summed E-state index contributed by atoms with van der Waals surface area (Å²) in [7, 11) is -3.85. The molecule has 0 saturated heterocycles. The Labute approximate surface area is 123 Å². The first-order valence-corrected chi connectivity index (χ1v) is 8.05. The van der Waals surface area contributed by atoms with Gasteiger partial charge in [0.15, 0.2) is 0 Å². The number of nitrogens with one attached hydrogen (secondary N) is 1. The van der Waals surface area contributed by atoms with Crippen LogP contribution in [0.5, 0.6) is 0 Å². The van der Waals surface area contributed by atoms with E-state index in [1.807, 2.05) is 6.92 Å². The largest absolute Gasteiger partial charge is 0.330 e. The highest BCUT2D eigenvalue weighted by Gasteiger charge is 2.18. The molecular weight excluding hydrogens is 302 g/mol. The predicted octanol–water partition coefficient (Wildman–Crippen LogP) is 1.30. The molecule has 0 aromatic heterocycles. The average Bonchev–Trinajstić information content (AvgIpc) is 2.37. The van der Waals surface area contributed by atoms with Crippen molar-refractivity contribution in [2.45, 2.75) is 24.7 Å². The normalized spacial score (nSPS) is 13.0. The zero-order valence-corrected chi connectivity index (χ0v) is 12.7. The van der Waals surface area contributed by atoms with Gasteiger partial charge in [-0.2, -0.15) is 0 Å². The molecule has 5 N–H and O–H groups in total. The van der Waals surface area contributed by atoms with Gasteiger partial charge in [0, 0.05) is 6.54 Å². The summed E-state index contributed by atoms with van der Waals surface area (Å²) in [4.78, 5) is 11.9. The molecule has 1 aromatic carbocycles. The average molecular weight is 320 g/mol. The topological polar surface area (TPSA) is 115 Å². The van der Waals surface area contributed by atoms with Crippen molar-refractivity contribution in [3.05, 3.63) is 23.2 Å². The van der Waals surface area contributed by atoms with E-state index < -0.39 is 10.0 Å². The summed E-state index contributed by atoms with van der Waals surface area (Å²) in [6.45, 7) is 2.16. The Morgan fingerprint density at radius 1 is 1.45 bits per heavy atom. The molecule has 1 aromatic rings. The molecule has 8 heteroatoms. The number of sulfonamides is 1. The van der Waals surface area contributed by atoms with Gasteiger partial charge in [0.05, 0.1) is 21.5 Å². The number of halogens is 1. The van der Waals surface area contributed by atoms with Gasteiger partial charge in [0.25, 0.3) is 0 Å². The molecule has 0 spiro atoms. The number of hydrogen-bond donors (Lipinski definition) is 3. The maximum Gasteiger partial charge on any atom is 0.238 e. The maximum absolute atomic E-state index is 12.0. The Balaban J connectivity index is 3.00. The molecule has 1 rings (SSSR count). The van der Waals surface area contributed by atoms with Crippen LogP contribution in [0.4, 0.5) is 5.69 Å². The van der Waals surface area contributed by atoms with Crippen molar-refractivity contribution in [2.75, 3.05) is 11.9 Å². The Bertz CT molecular complexity index is 590. The second-order valence-corrected chi connectivity index (χ2v) is 6.37. The summed E-state index contributed by atoms with van der Waals surface area (Å²) < 4.78 is 22.6. The Morgan fingerprint density at radius 3 is 2.60 bits per heavy atom. The SMILES string of the molecule is CCCC(CN)C(=O)Nc1cc(S(N)(=O)=O)ccc1Cl. The molecule has 0 saturated carbocycles. The lowest BCUT2D eigenvalue weighted by atomic mass is 10.0. The van der Waals surface area contributed by atoms with Gasteiger partial charge in [-0.05, 0) is 24.6 Å². The Morgan fingerprint density at radius 2 is 2.10 bits per heavy atom. The van der Waals surface area contributed by atoms with E-state index in [2.05, 4.69) is 5.32 Å². The van der Waals surface area contributed by atoms with Crippen molar-refractivity contribution in [3.8, 4) is 0 Å². The zero-order chi connectivity index (χ0) is 15.3. The molecule has 0 aliphatic rings. The molecule has 0 radical (unpaired) electrons. The minimum absolute atomic E-state index is 0.114. The van der Waals surface area contributed by atoms with Gasteiger partial charge in [-0.1, -0.05) is 24.9 Å². The van der Waals surface area contributed by atoms with Crippen molar-refractivity contribution in [1.82, 2.24) is 0 Å². The van der Waals surface area contributed by atoms with E-state index in [1.54, 1.807) is 0 Å². The quantitative estimate of drug-likeness (QED) is 0.732. The van der Waals surface area contributed by atoms with Gasteiger partial charge < -0.3 is 11.1 Å². The van der Waals surface area contributed by atoms with Crippen molar-refractivity contribution < 1.29 is 13.2 Å². The zero-order valence-electron chi connectivity index (χ0n) is 11.1. The van der Waals surface area contributed by atoms with Gasteiger partial charge in [-0.15, -0.1) is 0 Å². The predicted molar refractivity (Wildman–Crippen MR) is 78.9 cm³/mol. The van der Waals surface area contributed by atoms with E-state index >= 15 is 0 Å². The second kappa shape index (κ2) is 7.03. The molecule has 6 nitrogen and oxygen atoms in total. The van der Waals surface area contributed by atoms with Crippen LogP contribution in [0.15, 0.2) is 23.1 Å². The summed E-state index contributed by atoms with van der Waals surface area (Å²) in [6.07, 6.45) is 1.47. The van der Waals surface area contributed by atoms with Crippen molar-refractivity contribution >= 4 is 33.2 Å². The first kappa shape index (κ1) is 16.9. The first-order valence-electron chi connectivity index (χ1n) is 6.12. The van der Waals surface area contributed by atoms with E-state index in [1.165, 1.54) is 18.2 Å². The maximum atomic E-state index is 12.0. The Kier molecular flexibility index (Phi) is 5.94. The third-order valence-corrected chi connectivity index (χ3v) is 4.06. The molecule has 112 valence electrons. The third-order valence-electron chi connectivity index (χ3n) is 2.82. The fraction of sp³-hybridized carbons (Fsp3) is 0.417. The minimum Gasteiger partial charge on any atom is -0.330 e. The summed E-state index contributed by atoms with van der Waals surface area (Å²) in [5.41, 5.74) is 5.75. The number of carbonyl (C=O) groups is 1. The van der Waals surface area contributed by atoms with E-state index in [0.717, 1.165) is 6.42 Å². The number of amides is 1. The van der Waals surface area contributed by atoms with Gasteiger partial charge >= 0.3 is 0 Å². The molecule has 1 unspecified atom stereocenters. The molecular formula is C12H18ClN3O3S. The molecule has 0 heterocycles. The first-order chi connectivity index (χ1) is 9.29. The number of primary sulfonamides is 1. The highest BCUT2D eigenvalue weighted by Crippen LogP contribution is 2.25. The summed E-state index contributed by atoms with van der Waals surface area (Å²) >= 11 is 5.93. The third kappa shape index (κ3) is 4.45. The second-order valence-electron chi connectivity index (χ2n) is 4.40. The minimum atomic E-state index is -3.85. The lowest BCUT2D eigenvalue weighted by molar-refractivity contribution is -0.119. The number of benzene rings is 1. The summed E-state index contributed by atoms with van der Waals surface area (Å²) in [6, 6.07) is 3.88. The van der Waals surface area contributed by atoms with Crippen LogP contribution in [0.3, 0.4) is 0 Å². The summed E-state index contributed by atoms with van der Waals surface area (Å²) in [5, 5.41) is 7.86. The van der Waals surface area contributed by atoms with E-state index in [9.17, 15) is 13.2 Å². The van der Waals surface area contributed by atoms with E-state index in [0.29, 0.717) is 6.42 Å². The molecule has 1 atom stereocenters. The molecule has 0 aliphatic carbocycles. The lowest BCUT2D eigenvalue weighted by Gasteiger charge is -2.15. The monoisotopic (exact) mass is 319 g/mol. The van der Waals surface area contributed by atoms with Crippen molar-refractivity contribution in [3.63, 3.8) is 0 Å². The lowest BCUT2D eigenvalue weighted by Crippen LogP contribution is -2.29. The van der Waals surface area contributed by atoms with Gasteiger partial charge in [0.1, 0.15) is 0 Å². The van der Waals surface area contributed by atoms with Crippen LogP contribution in [-0.2, 0) is 14.8 Å². The fourth-order valence-electron chi connectivity index (χ4n) is 1.72. The number of carbonyl (C=O) groups excluding carboxylic acids is 1. The standard InChI is InChI=1S/C12H18ClN3O3S/c1-2-3-8(7-14)12(17)16-11-6-9(20(15,18)19)4-5-10(11)13/h4-6,8H,2-3,7,14H2,1H3,(H,16,17)(H2,15,18,19). The van der Waals surface area contributed by atoms with Gasteiger partial charge in [-0.3, -0.25) is 4.79 Å². The molecule has 1 amide bonds. The van der Waals surface area contributed by atoms with Crippen LogP contribution in [0, 0.1) is 5.92 Å². The highest BCUT2D eigenvalue weighted by atomic mass is 35.5. The van der Waals surface area contributed by atoms with Crippen molar-refractivity contribution in [2.24, 2.45) is 16.8 Å². The van der Waals surface area contributed by atoms with E-state index in [4.69, 9.17) is 22.5 Å². The molecule has 20 heavy (non-hydrogen) atoms. The molecule has 0 bridgehead atoms. The van der Waals surface area contributed by atoms with Crippen LogP contribution in [-0.4, -0.2) is 20.9 Å². The van der Waals surface area contributed by atoms with Gasteiger partial charge in [-0.25, -0.2) is 13.6 Å².